The maximum absolute atomic E-state index is 16.0. The molecule has 7 heterocycles. The summed E-state index contributed by atoms with van der Waals surface area (Å²) >= 11 is 0. The SMILES string of the molecule is [B]P1(=O)OC[C@H]2O[C@@H](n3cnc4c(N)ncnc43)C(F)[C@H]2OP([B])(=O)OC[C@H]2O[C@@H](n3cnc4c(N)ccnc43)[C@@H](N=[N+]=[N-])C2O1. The van der Waals surface area contributed by atoms with Crippen molar-refractivity contribution < 1.29 is 41.1 Å². The normalized spacial score (nSPS) is 36.8. The molecule has 3 saturated heterocycles. The second-order valence-electron chi connectivity index (χ2n) is 10.4. The van der Waals surface area contributed by atoms with Gasteiger partial charge in [-0.1, -0.05) is 5.11 Å². The molecule has 0 aromatic carbocycles. The standard InChI is InChI=1S/C21H21B2FN12O8P2/c22-45(37)40-4-10-16(13(33-34-27)21(42-10)36-6-31-12-8(25)1-2-28-18(12)36)44-46(23,38)39-3-9-15(43-45)11(24)20(41-9)35-7-32-14-17(26)29-5-30-19(14)35/h1-2,5-7,9-11,13,15-16,20-21H,3-4H2,(H2,25,28)(H2,26,29,30)/t9-,10-,11?,13+,15+,16?,20-,21-,45?,46?/m1/s1. The first-order valence-corrected chi connectivity index (χ1v) is 16.6. The van der Waals surface area contributed by atoms with E-state index in [1.54, 1.807) is 0 Å². The van der Waals surface area contributed by atoms with Crippen molar-refractivity contribution in [3.05, 3.63) is 41.7 Å². The lowest BCUT2D eigenvalue weighted by Gasteiger charge is -2.30. The number of hydrogen-bond donors (Lipinski definition) is 2. The van der Waals surface area contributed by atoms with Crippen molar-refractivity contribution in [2.75, 3.05) is 24.7 Å². The van der Waals surface area contributed by atoms with Crippen LogP contribution in [0.25, 0.3) is 32.8 Å². The fourth-order valence-corrected chi connectivity index (χ4v) is 7.55. The van der Waals surface area contributed by atoms with E-state index in [9.17, 15) is 14.7 Å². The van der Waals surface area contributed by atoms with Crippen molar-refractivity contribution in [2.45, 2.75) is 49.1 Å². The topological polar surface area (TPSA) is 265 Å². The number of azide groups is 1. The van der Waals surface area contributed by atoms with Gasteiger partial charge in [-0.3, -0.25) is 18.3 Å². The van der Waals surface area contributed by atoms with E-state index in [1.165, 1.54) is 34.1 Å². The van der Waals surface area contributed by atoms with Crippen molar-refractivity contribution in [2.24, 2.45) is 5.11 Å². The molecule has 3 aliphatic heterocycles. The molecule has 7 rings (SSSR count). The van der Waals surface area contributed by atoms with Crippen LogP contribution in [-0.4, -0.2) is 99.0 Å². The van der Waals surface area contributed by atoms with Crippen molar-refractivity contribution in [3.8, 4) is 0 Å². The van der Waals surface area contributed by atoms with E-state index in [2.05, 4.69) is 34.9 Å². The lowest BCUT2D eigenvalue weighted by atomic mass is 10.1. The van der Waals surface area contributed by atoms with Gasteiger partial charge < -0.3 is 39.0 Å². The molecule has 4 aromatic heterocycles. The summed E-state index contributed by atoms with van der Waals surface area (Å²) < 4.78 is 79.3. The minimum absolute atomic E-state index is 0.0416. The molecular weight excluding hydrogens is 651 g/mol. The number of nitrogens with zero attached hydrogens (tertiary/aromatic N) is 10. The van der Waals surface area contributed by atoms with Gasteiger partial charge in [0.1, 0.15) is 54.0 Å². The molecule has 0 aliphatic carbocycles. The molecule has 0 bridgehead atoms. The van der Waals surface area contributed by atoms with E-state index < -0.39 is 77.2 Å². The Hall–Kier alpha value is -3.64. The molecule has 10 atom stereocenters. The first-order chi connectivity index (χ1) is 22.0. The number of rotatable bonds is 3. The van der Waals surface area contributed by atoms with Crippen LogP contribution in [-0.2, 0) is 36.7 Å². The number of hydrogen-bond acceptors (Lipinski definition) is 16. The van der Waals surface area contributed by atoms with E-state index in [4.69, 9.17) is 54.2 Å². The van der Waals surface area contributed by atoms with Crippen LogP contribution >= 0.6 is 14.9 Å². The zero-order chi connectivity index (χ0) is 32.4. The van der Waals surface area contributed by atoms with Crippen LogP contribution in [0.1, 0.15) is 12.5 Å². The first-order valence-electron chi connectivity index (χ1n) is 13.4. The van der Waals surface area contributed by atoms with Crippen LogP contribution in [0.3, 0.4) is 0 Å². The van der Waals surface area contributed by atoms with E-state index in [-0.39, 0.29) is 22.6 Å². The highest BCUT2D eigenvalue weighted by Crippen LogP contribution is 2.54. The van der Waals surface area contributed by atoms with Crippen LogP contribution in [0.15, 0.2) is 36.4 Å². The van der Waals surface area contributed by atoms with Gasteiger partial charge in [-0.05, 0) is 11.6 Å². The number of aromatic nitrogens is 7. The monoisotopic (exact) mass is 672 g/mol. The van der Waals surface area contributed by atoms with Gasteiger partial charge in [0.15, 0.2) is 29.5 Å². The number of fused-ring (bicyclic) bond motifs is 4. The summed E-state index contributed by atoms with van der Waals surface area (Å²) in [4.78, 5) is 23.4. The Kier molecular flexibility index (Phi) is 7.78. The van der Waals surface area contributed by atoms with Gasteiger partial charge in [0.05, 0.1) is 31.6 Å². The second-order valence-corrected chi connectivity index (χ2v) is 13.5. The maximum Gasteiger partial charge on any atom is 0.264 e. The molecule has 25 heteroatoms. The fourth-order valence-electron chi connectivity index (χ4n) is 5.52. The minimum Gasteiger partial charge on any atom is -0.397 e. The number of pyridine rings is 1. The Morgan fingerprint density at radius 3 is 2.24 bits per heavy atom. The van der Waals surface area contributed by atoms with Crippen LogP contribution in [0.4, 0.5) is 15.9 Å². The lowest BCUT2D eigenvalue weighted by Crippen LogP contribution is -2.38. The Labute approximate surface area is 259 Å². The van der Waals surface area contributed by atoms with Gasteiger partial charge in [-0.15, -0.1) is 0 Å². The van der Waals surface area contributed by atoms with E-state index in [0.717, 1.165) is 6.33 Å². The minimum atomic E-state index is -4.58. The Morgan fingerprint density at radius 2 is 1.52 bits per heavy atom. The Morgan fingerprint density at radius 1 is 0.913 bits per heavy atom. The van der Waals surface area contributed by atoms with Gasteiger partial charge in [0.2, 0.25) is 15.1 Å². The highest BCUT2D eigenvalue weighted by Gasteiger charge is 2.53. The predicted molar refractivity (Wildman–Crippen MR) is 156 cm³/mol. The molecule has 3 fully saturated rings. The molecule has 20 nitrogen and oxygen atoms in total. The number of alkyl halides is 1. The van der Waals surface area contributed by atoms with E-state index in [1.807, 2.05) is 0 Å². The van der Waals surface area contributed by atoms with Gasteiger partial charge in [-0.25, -0.2) is 29.3 Å². The van der Waals surface area contributed by atoms with Crippen molar-refractivity contribution in [1.82, 2.24) is 34.1 Å². The number of nitrogen functional groups attached to an aromatic ring is 2. The molecular formula is C21H21B2FN12O8P2. The average Bonchev–Trinajstić information content (AvgIpc) is 3.77. The third-order valence-electron chi connectivity index (χ3n) is 7.56. The third kappa shape index (κ3) is 5.42. The summed E-state index contributed by atoms with van der Waals surface area (Å²) in [6.07, 6.45) is -5.36. The largest absolute Gasteiger partial charge is 0.397 e. The molecule has 236 valence electrons. The van der Waals surface area contributed by atoms with E-state index in [0.29, 0.717) is 11.2 Å². The van der Waals surface area contributed by atoms with Gasteiger partial charge >= 0.3 is 0 Å². The number of imidazole rings is 2. The Bertz CT molecular complexity index is 1970. The zero-order valence-corrected chi connectivity index (χ0v) is 25.0. The number of nitrogens with two attached hydrogens (primary N) is 2. The van der Waals surface area contributed by atoms with Crippen molar-refractivity contribution in [1.29, 1.82) is 0 Å². The molecule has 4 N–H and O–H groups in total. The Balaban J connectivity index is 1.20. The summed E-state index contributed by atoms with van der Waals surface area (Å²) in [6, 6.07) is 0.260. The molecule has 4 unspecified atom stereocenters. The van der Waals surface area contributed by atoms with Crippen LogP contribution in [0.5, 0.6) is 0 Å². The molecule has 0 amide bonds. The predicted octanol–water partition coefficient (Wildman–Crippen LogP) is 1.62. The first kappa shape index (κ1) is 31.0. The number of halogens is 1. The highest BCUT2D eigenvalue weighted by atomic mass is 31.2. The summed E-state index contributed by atoms with van der Waals surface area (Å²) in [6.45, 7) is -1.34. The maximum atomic E-state index is 16.0. The van der Waals surface area contributed by atoms with Gasteiger partial charge in [-0.2, -0.15) is 0 Å². The van der Waals surface area contributed by atoms with Crippen molar-refractivity contribution >= 4 is 63.9 Å². The molecule has 0 spiro atoms. The average molecular weight is 672 g/mol. The fraction of sp³-hybridized carbons (Fsp3) is 0.476. The highest BCUT2D eigenvalue weighted by molar-refractivity contribution is 7.79. The number of anilines is 2. The van der Waals surface area contributed by atoms with Crippen molar-refractivity contribution in [3.63, 3.8) is 0 Å². The van der Waals surface area contributed by atoms with Gasteiger partial charge in [0, 0.05) is 11.1 Å². The molecule has 46 heavy (non-hydrogen) atoms. The summed E-state index contributed by atoms with van der Waals surface area (Å²) in [7, 11) is 2.72. The summed E-state index contributed by atoms with van der Waals surface area (Å²) in [5.74, 6) is 0.0416. The third-order valence-corrected chi connectivity index (χ3v) is 9.66. The molecule has 0 saturated carbocycles. The zero-order valence-electron chi connectivity index (χ0n) is 23.2. The second kappa shape index (κ2) is 11.6. The van der Waals surface area contributed by atoms with Crippen LogP contribution in [0.2, 0.25) is 0 Å². The summed E-state index contributed by atoms with van der Waals surface area (Å²) in [5, 5.41) is 3.78. The smallest absolute Gasteiger partial charge is 0.264 e. The number of ether oxygens (including phenoxy) is 2. The van der Waals surface area contributed by atoms with Gasteiger partial charge in [0.25, 0.3) is 14.9 Å². The molecule has 3 aliphatic rings. The van der Waals surface area contributed by atoms with Crippen LogP contribution in [0, 0.1) is 0 Å². The molecule has 4 aromatic rings. The van der Waals surface area contributed by atoms with Crippen LogP contribution < -0.4 is 11.5 Å². The molecule has 4 radical (unpaired) electrons. The quantitative estimate of drug-likeness (QED) is 0.103. The summed E-state index contributed by atoms with van der Waals surface area (Å²) in [5.41, 5.74) is 22.4. The lowest BCUT2D eigenvalue weighted by molar-refractivity contribution is -0.0544. The van der Waals surface area contributed by atoms with E-state index >= 15 is 4.39 Å².